The summed E-state index contributed by atoms with van der Waals surface area (Å²) in [4.78, 5) is 5.83. The lowest BCUT2D eigenvalue weighted by Gasteiger charge is -2.28. The molecule has 3 heterocycles. The van der Waals surface area contributed by atoms with Crippen molar-refractivity contribution in [2.24, 2.45) is 0 Å². The molecule has 2 aliphatic rings. The van der Waals surface area contributed by atoms with Crippen LogP contribution in [-0.4, -0.2) is 31.0 Å². The van der Waals surface area contributed by atoms with Gasteiger partial charge < -0.3 is 9.47 Å². The van der Waals surface area contributed by atoms with E-state index in [2.05, 4.69) is 4.98 Å². The topological polar surface area (TPSA) is 35.8 Å². The third-order valence-electron chi connectivity index (χ3n) is 4.27. The summed E-state index contributed by atoms with van der Waals surface area (Å²) in [5.74, 6) is 0.895. The first-order chi connectivity index (χ1) is 10.3. The summed E-state index contributed by atoms with van der Waals surface area (Å²) < 4.78 is 11.7. The number of quaternary nitrogens is 1. The van der Waals surface area contributed by atoms with Crippen LogP contribution in [0, 0.1) is 0 Å². The van der Waals surface area contributed by atoms with Gasteiger partial charge in [-0.2, -0.15) is 0 Å². The van der Waals surface area contributed by atoms with Crippen molar-refractivity contribution >= 4 is 22.5 Å². The highest BCUT2D eigenvalue weighted by Crippen LogP contribution is 2.34. The molecule has 2 aromatic rings. The molecule has 0 radical (unpaired) electrons. The van der Waals surface area contributed by atoms with Crippen LogP contribution < -0.4 is 9.64 Å². The Balaban J connectivity index is 1.63. The van der Waals surface area contributed by atoms with E-state index in [1.54, 1.807) is 6.20 Å². The number of nitrogens with zero attached hydrogens (tertiary/aromatic N) is 1. The van der Waals surface area contributed by atoms with Crippen molar-refractivity contribution in [2.45, 2.75) is 25.5 Å². The maximum absolute atomic E-state index is 6.38. The van der Waals surface area contributed by atoms with Gasteiger partial charge in [-0.1, -0.05) is 11.6 Å². The van der Waals surface area contributed by atoms with Crippen molar-refractivity contribution in [3.63, 3.8) is 0 Å². The van der Waals surface area contributed by atoms with E-state index in [9.17, 15) is 0 Å². The smallest absolute Gasteiger partial charge is 0.222 e. The lowest BCUT2D eigenvalue weighted by Crippen LogP contribution is -3.13. The Morgan fingerprint density at radius 3 is 3.24 bits per heavy atom. The Kier molecular flexibility index (Phi) is 3.45. The molecule has 1 fully saturated rings. The molecular weight excluding hydrogens is 288 g/mol. The van der Waals surface area contributed by atoms with E-state index >= 15 is 0 Å². The van der Waals surface area contributed by atoms with Crippen molar-refractivity contribution in [1.82, 2.24) is 4.98 Å². The SMILES string of the molecule is Clc1cc2c(c3ncccc13)OC[NH+](C[C@@H]1CCCO1)C2. The fourth-order valence-corrected chi connectivity index (χ4v) is 3.56. The lowest BCUT2D eigenvalue weighted by molar-refractivity contribution is -0.935. The van der Waals surface area contributed by atoms with Gasteiger partial charge in [-0.15, -0.1) is 0 Å². The monoisotopic (exact) mass is 305 g/mol. The number of nitrogens with one attached hydrogen (secondary N) is 1. The number of fused-ring (bicyclic) bond motifs is 3. The molecule has 2 atom stereocenters. The molecule has 0 spiro atoms. The summed E-state index contributed by atoms with van der Waals surface area (Å²) in [6.45, 7) is 3.48. The third-order valence-corrected chi connectivity index (χ3v) is 4.59. The molecule has 5 heteroatoms. The van der Waals surface area contributed by atoms with Gasteiger partial charge in [0.1, 0.15) is 24.7 Å². The second-order valence-electron chi connectivity index (χ2n) is 5.80. The Labute approximate surface area is 128 Å². The predicted octanol–water partition coefficient (Wildman–Crippen LogP) is 1.80. The molecule has 21 heavy (non-hydrogen) atoms. The van der Waals surface area contributed by atoms with E-state index in [4.69, 9.17) is 21.1 Å². The molecule has 0 amide bonds. The number of rotatable bonds is 2. The number of benzene rings is 1. The largest absolute Gasteiger partial charge is 0.443 e. The molecular formula is C16H18ClN2O2+. The summed E-state index contributed by atoms with van der Waals surface area (Å²) in [6, 6.07) is 5.91. The minimum Gasteiger partial charge on any atom is -0.443 e. The van der Waals surface area contributed by atoms with Crippen LogP contribution in [0.15, 0.2) is 24.4 Å². The van der Waals surface area contributed by atoms with Crippen LogP contribution in [0.25, 0.3) is 10.9 Å². The van der Waals surface area contributed by atoms with Gasteiger partial charge in [0.05, 0.1) is 10.6 Å². The third kappa shape index (κ3) is 2.48. The highest BCUT2D eigenvalue weighted by molar-refractivity contribution is 6.35. The summed E-state index contributed by atoms with van der Waals surface area (Å²) in [7, 11) is 0. The Hall–Kier alpha value is -1.36. The molecule has 1 N–H and O–H groups in total. The first-order valence-electron chi connectivity index (χ1n) is 7.45. The van der Waals surface area contributed by atoms with E-state index in [1.807, 2.05) is 18.2 Å². The van der Waals surface area contributed by atoms with Gasteiger partial charge in [-0.05, 0) is 31.0 Å². The highest BCUT2D eigenvalue weighted by atomic mass is 35.5. The predicted molar refractivity (Wildman–Crippen MR) is 80.8 cm³/mol. The van der Waals surface area contributed by atoms with Crippen LogP contribution >= 0.6 is 11.6 Å². The summed E-state index contributed by atoms with van der Waals surface area (Å²) in [5.41, 5.74) is 2.02. The summed E-state index contributed by atoms with van der Waals surface area (Å²) >= 11 is 6.38. The average molecular weight is 306 g/mol. The van der Waals surface area contributed by atoms with E-state index in [0.29, 0.717) is 12.8 Å². The number of aromatic nitrogens is 1. The Morgan fingerprint density at radius 2 is 2.38 bits per heavy atom. The van der Waals surface area contributed by atoms with Crippen molar-refractivity contribution in [3.8, 4) is 5.75 Å². The van der Waals surface area contributed by atoms with Crippen molar-refractivity contribution in [1.29, 1.82) is 0 Å². The average Bonchev–Trinajstić information content (AvgIpc) is 3.00. The number of pyridine rings is 1. The first-order valence-corrected chi connectivity index (χ1v) is 7.83. The zero-order valence-electron chi connectivity index (χ0n) is 11.8. The van der Waals surface area contributed by atoms with E-state index in [1.165, 1.54) is 11.3 Å². The van der Waals surface area contributed by atoms with Crippen LogP contribution in [0.4, 0.5) is 0 Å². The number of hydrogen-bond donors (Lipinski definition) is 1. The van der Waals surface area contributed by atoms with Crippen LogP contribution in [0.1, 0.15) is 18.4 Å². The standard InChI is InChI=1S/C16H17ClN2O2/c17-14-7-11-8-19(9-12-3-2-6-20-12)10-21-16(11)15-13(14)4-1-5-18-15/h1,4-5,7,12H,2-3,6,8-10H2/p+1/t12-/m0/s1. The van der Waals surface area contributed by atoms with Crippen LogP contribution in [-0.2, 0) is 11.3 Å². The van der Waals surface area contributed by atoms with Gasteiger partial charge in [-0.3, -0.25) is 9.88 Å². The molecule has 2 aliphatic heterocycles. The number of halogens is 1. The molecule has 1 saturated heterocycles. The molecule has 4 nitrogen and oxygen atoms in total. The zero-order chi connectivity index (χ0) is 14.2. The Morgan fingerprint density at radius 1 is 1.43 bits per heavy atom. The molecule has 0 bridgehead atoms. The van der Waals surface area contributed by atoms with Crippen LogP contribution in [0.3, 0.4) is 0 Å². The second-order valence-corrected chi connectivity index (χ2v) is 6.21. The molecule has 4 rings (SSSR count). The van der Waals surface area contributed by atoms with Gasteiger partial charge in [0, 0.05) is 18.2 Å². The fourth-order valence-electron chi connectivity index (χ4n) is 3.27. The van der Waals surface area contributed by atoms with E-state index < -0.39 is 0 Å². The van der Waals surface area contributed by atoms with E-state index in [0.717, 1.165) is 53.4 Å². The molecule has 1 aromatic carbocycles. The number of hydrogen-bond acceptors (Lipinski definition) is 3. The van der Waals surface area contributed by atoms with Crippen molar-refractivity contribution < 1.29 is 14.4 Å². The van der Waals surface area contributed by atoms with Crippen LogP contribution in [0.5, 0.6) is 5.75 Å². The maximum atomic E-state index is 6.38. The molecule has 0 aliphatic carbocycles. The minimum atomic E-state index is 0.374. The fraction of sp³-hybridized carbons (Fsp3) is 0.438. The quantitative estimate of drug-likeness (QED) is 0.919. The van der Waals surface area contributed by atoms with Gasteiger partial charge >= 0.3 is 0 Å². The highest BCUT2D eigenvalue weighted by Gasteiger charge is 2.28. The Bertz CT molecular complexity index is 671. The molecule has 110 valence electrons. The van der Waals surface area contributed by atoms with Crippen molar-refractivity contribution in [2.75, 3.05) is 19.9 Å². The van der Waals surface area contributed by atoms with Gasteiger partial charge in [0.2, 0.25) is 6.73 Å². The molecule has 1 aromatic heterocycles. The van der Waals surface area contributed by atoms with E-state index in [-0.39, 0.29) is 0 Å². The first kappa shape index (κ1) is 13.3. The second kappa shape index (κ2) is 5.44. The minimum absolute atomic E-state index is 0.374. The summed E-state index contributed by atoms with van der Waals surface area (Å²) in [6.07, 6.45) is 4.50. The van der Waals surface area contributed by atoms with Gasteiger partial charge in [0.25, 0.3) is 0 Å². The summed E-state index contributed by atoms with van der Waals surface area (Å²) in [5, 5.41) is 1.71. The zero-order valence-corrected chi connectivity index (χ0v) is 12.5. The van der Waals surface area contributed by atoms with Crippen LogP contribution in [0.2, 0.25) is 5.02 Å². The molecule has 0 saturated carbocycles. The van der Waals surface area contributed by atoms with Gasteiger partial charge in [-0.25, -0.2) is 0 Å². The normalized spacial score (nSPS) is 24.8. The lowest BCUT2D eigenvalue weighted by atomic mass is 10.1. The van der Waals surface area contributed by atoms with Gasteiger partial charge in [0.15, 0.2) is 5.75 Å². The number of ether oxygens (including phenoxy) is 2. The maximum Gasteiger partial charge on any atom is 0.222 e. The van der Waals surface area contributed by atoms with Crippen molar-refractivity contribution in [3.05, 3.63) is 35.0 Å². The molecule has 1 unspecified atom stereocenters.